The molecule has 104 valence electrons. The van der Waals surface area contributed by atoms with Crippen molar-refractivity contribution in [1.29, 1.82) is 0 Å². The molecule has 1 fully saturated rings. The van der Waals surface area contributed by atoms with Gasteiger partial charge in [0.2, 0.25) is 0 Å². The molecule has 1 rings (SSSR count). The monoisotopic (exact) mass is 274 g/mol. The SMILES string of the molecule is C[Si](C)(C)COC(=O)NC1CCN(C(=O)O)CC1. The highest BCUT2D eigenvalue weighted by molar-refractivity contribution is 6.76. The molecule has 0 bridgehead atoms. The predicted molar refractivity (Wildman–Crippen MR) is 70.4 cm³/mol. The van der Waals surface area contributed by atoms with E-state index in [4.69, 9.17) is 9.84 Å². The molecule has 7 heteroatoms. The zero-order chi connectivity index (χ0) is 13.8. The van der Waals surface area contributed by atoms with Gasteiger partial charge in [-0.25, -0.2) is 9.59 Å². The first-order chi connectivity index (χ1) is 8.28. The maximum atomic E-state index is 11.5. The lowest BCUT2D eigenvalue weighted by Crippen LogP contribution is -2.47. The summed E-state index contributed by atoms with van der Waals surface area (Å²) in [6.07, 6.45) is 0.524. The number of nitrogens with zero attached hydrogens (tertiary/aromatic N) is 1. The normalized spacial score (nSPS) is 17.4. The lowest BCUT2D eigenvalue weighted by Gasteiger charge is -2.30. The number of piperidine rings is 1. The molecule has 2 N–H and O–H groups in total. The van der Waals surface area contributed by atoms with Gasteiger partial charge in [-0.05, 0) is 12.8 Å². The summed E-state index contributed by atoms with van der Waals surface area (Å²) in [5, 5.41) is 11.6. The van der Waals surface area contributed by atoms with Crippen molar-refractivity contribution in [2.75, 3.05) is 19.3 Å². The maximum absolute atomic E-state index is 11.5. The van der Waals surface area contributed by atoms with Gasteiger partial charge in [-0.3, -0.25) is 0 Å². The minimum atomic E-state index is -1.38. The number of alkyl carbamates (subject to hydrolysis) is 1. The highest BCUT2D eigenvalue weighted by atomic mass is 28.3. The average molecular weight is 274 g/mol. The summed E-state index contributed by atoms with van der Waals surface area (Å²) in [7, 11) is -1.38. The van der Waals surface area contributed by atoms with Gasteiger partial charge >= 0.3 is 12.2 Å². The zero-order valence-electron chi connectivity index (χ0n) is 11.2. The van der Waals surface area contributed by atoms with Crippen molar-refractivity contribution >= 4 is 20.3 Å². The van der Waals surface area contributed by atoms with Gasteiger partial charge in [0.05, 0.1) is 14.3 Å². The Morgan fingerprint density at radius 3 is 2.33 bits per heavy atom. The van der Waals surface area contributed by atoms with Gasteiger partial charge in [0, 0.05) is 19.1 Å². The van der Waals surface area contributed by atoms with Crippen LogP contribution in [-0.2, 0) is 4.74 Å². The number of rotatable bonds is 3. The molecular formula is C11H22N2O4Si. The third-order valence-corrected chi connectivity index (χ3v) is 3.73. The van der Waals surface area contributed by atoms with Gasteiger partial charge in [-0.2, -0.15) is 0 Å². The van der Waals surface area contributed by atoms with Crippen molar-refractivity contribution < 1.29 is 19.4 Å². The predicted octanol–water partition coefficient (Wildman–Crippen LogP) is 1.73. The summed E-state index contributed by atoms with van der Waals surface area (Å²) in [5.74, 6) is 0. The third-order valence-electron chi connectivity index (χ3n) is 2.72. The van der Waals surface area contributed by atoms with E-state index in [1.54, 1.807) is 0 Å². The van der Waals surface area contributed by atoms with Crippen molar-refractivity contribution in [3.8, 4) is 0 Å². The van der Waals surface area contributed by atoms with E-state index in [0.717, 1.165) is 0 Å². The maximum Gasteiger partial charge on any atom is 0.407 e. The number of hydrogen-bond acceptors (Lipinski definition) is 3. The van der Waals surface area contributed by atoms with E-state index in [1.807, 2.05) is 0 Å². The van der Waals surface area contributed by atoms with Crippen LogP contribution in [0.1, 0.15) is 12.8 Å². The van der Waals surface area contributed by atoms with Crippen LogP contribution in [0.25, 0.3) is 0 Å². The molecule has 0 radical (unpaired) electrons. The summed E-state index contributed by atoms with van der Waals surface area (Å²) < 4.78 is 5.17. The van der Waals surface area contributed by atoms with E-state index in [1.165, 1.54) is 4.90 Å². The van der Waals surface area contributed by atoms with Crippen LogP contribution in [0.2, 0.25) is 19.6 Å². The van der Waals surface area contributed by atoms with E-state index in [9.17, 15) is 9.59 Å². The number of hydrogen-bond donors (Lipinski definition) is 2. The first-order valence-electron chi connectivity index (χ1n) is 6.19. The molecule has 0 unspecified atom stereocenters. The van der Waals surface area contributed by atoms with Gasteiger partial charge in [-0.15, -0.1) is 0 Å². The number of carbonyl (C=O) groups is 2. The molecule has 1 aliphatic heterocycles. The molecule has 0 atom stereocenters. The lowest BCUT2D eigenvalue weighted by molar-refractivity contribution is 0.124. The fourth-order valence-electron chi connectivity index (χ4n) is 1.71. The summed E-state index contributed by atoms with van der Waals surface area (Å²) in [4.78, 5) is 23.6. The Hall–Kier alpha value is -1.24. The Balaban J connectivity index is 2.24. The minimum absolute atomic E-state index is 0.0229. The molecule has 6 nitrogen and oxygen atoms in total. The summed E-state index contributed by atoms with van der Waals surface area (Å²) in [6.45, 7) is 7.32. The first kappa shape index (κ1) is 14.8. The van der Waals surface area contributed by atoms with Crippen LogP contribution in [0.15, 0.2) is 0 Å². The van der Waals surface area contributed by atoms with Crippen LogP contribution in [0, 0.1) is 0 Å². The standard InChI is InChI=1S/C11H22N2O4Si/c1-18(2,3)8-17-10(14)12-9-4-6-13(7-5-9)11(15)16/h9H,4-8H2,1-3H3,(H,12,14)(H,15,16). The van der Waals surface area contributed by atoms with Crippen molar-refractivity contribution in [1.82, 2.24) is 10.2 Å². The van der Waals surface area contributed by atoms with E-state index in [2.05, 4.69) is 25.0 Å². The molecule has 0 spiro atoms. The quantitative estimate of drug-likeness (QED) is 0.768. The highest BCUT2D eigenvalue weighted by Crippen LogP contribution is 2.10. The Kier molecular flexibility index (Phi) is 5.00. The van der Waals surface area contributed by atoms with Crippen LogP contribution in [0.4, 0.5) is 9.59 Å². The van der Waals surface area contributed by atoms with E-state index in [-0.39, 0.29) is 12.1 Å². The van der Waals surface area contributed by atoms with Gasteiger partial charge < -0.3 is 20.1 Å². The molecule has 1 aliphatic rings. The van der Waals surface area contributed by atoms with E-state index in [0.29, 0.717) is 32.2 Å². The Labute approximate surface area is 108 Å². The topological polar surface area (TPSA) is 78.9 Å². The van der Waals surface area contributed by atoms with E-state index < -0.39 is 14.2 Å². The molecule has 0 aromatic rings. The second-order valence-electron chi connectivity index (χ2n) is 5.83. The molecule has 1 heterocycles. The first-order valence-corrected chi connectivity index (χ1v) is 9.90. The van der Waals surface area contributed by atoms with Crippen LogP contribution in [0.5, 0.6) is 0 Å². The van der Waals surface area contributed by atoms with Crippen LogP contribution < -0.4 is 5.32 Å². The minimum Gasteiger partial charge on any atom is -0.465 e. The van der Waals surface area contributed by atoms with Gasteiger partial charge in [0.15, 0.2) is 0 Å². The van der Waals surface area contributed by atoms with Crippen LogP contribution >= 0.6 is 0 Å². The Morgan fingerprint density at radius 1 is 1.33 bits per heavy atom. The van der Waals surface area contributed by atoms with Crippen LogP contribution in [-0.4, -0.2) is 55.6 Å². The van der Waals surface area contributed by atoms with Crippen molar-refractivity contribution in [2.45, 2.75) is 38.5 Å². The number of ether oxygens (including phenoxy) is 1. The molecule has 18 heavy (non-hydrogen) atoms. The van der Waals surface area contributed by atoms with E-state index >= 15 is 0 Å². The molecule has 0 aliphatic carbocycles. The number of carboxylic acid groups (broad SMARTS) is 1. The third kappa shape index (κ3) is 5.39. The van der Waals surface area contributed by atoms with Crippen molar-refractivity contribution in [3.05, 3.63) is 0 Å². The van der Waals surface area contributed by atoms with Gasteiger partial charge in [0.25, 0.3) is 0 Å². The number of likely N-dealkylation sites (tertiary alicyclic amines) is 1. The smallest absolute Gasteiger partial charge is 0.407 e. The molecule has 1 saturated heterocycles. The second-order valence-corrected chi connectivity index (χ2v) is 11.2. The summed E-state index contributed by atoms with van der Waals surface area (Å²) in [5.41, 5.74) is 0. The fourth-order valence-corrected chi connectivity index (χ4v) is 2.27. The molecule has 0 aromatic carbocycles. The van der Waals surface area contributed by atoms with Gasteiger partial charge in [0.1, 0.15) is 0 Å². The average Bonchev–Trinajstić information content (AvgIpc) is 2.26. The Morgan fingerprint density at radius 2 is 1.89 bits per heavy atom. The second kappa shape index (κ2) is 6.08. The molecule has 0 aromatic heterocycles. The molecular weight excluding hydrogens is 252 g/mol. The van der Waals surface area contributed by atoms with Crippen molar-refractivity contribution in [3.63, 3.8) is 0 Å². The molecule has 2 amide bonds. The van der Waals surface area contributed by atoms with Crippen LogP contribution in [0.3, 0.4) is 0 Å². The Bertz CT molecular complexity index is 309. The zero-order valence-corrected chi connectivity index (χ0v) is 12.2. The largest absolute Gasteiger partial charge is 0.465 e. The summed E-state index contributed by atoms with van der Waals surface area (Å²) >= 11 is 0. The number of nitrogens with one attached hydrogen (secondary N) is 1. The van der Waals surface area contributed by atoms with Crippen molar-refractivity contribution in [2.24, 2.45) is 0 Å². The lowest BCUT2D eigenvalue weighted by atomic mass is 10.1. The number of carbonyl (C=O) groups excluding carboxylic acids is 1. The summed E-state index contributed by atoms with van der Waals surface area (Å²) in [6, 6.07) is 0.0229. The highest BCUT2D eigenvalue weighted by Gasteiger charge is 2.24. The molecule has 0 saturated carbocycles. The number of amides is 2. The fraction of sp³-hybridized carbons (Fsp3) is 0.818. The van der Waals surface area contributed by atoms with Gasteiger partial charge in [-0.1, -0.05) is 19.6 Å².